The fourth-order valence-electron chi connectivity index (χ4n) is 0.668. The van der Waals surface area contributed by atoms with Gasteiger partial charge in [-0.15, -0.1) is 0 Å². The van der Waals surface area contributed by atoms with E-state index < -0.39 is 17.8 Å². The normalized spacial score (nSPS) is 27.7. The summed E-state index contributed by atoms with van der Waals surface area (Å²) in [6.45, 7) is 1.07. The zero-order chi connectivity index (χ0) is 7.78. The third kappa shape index (κ3) is 1.65. The van der Waals surface area contributed by atoms with Gasteiger partial charge < -0.3 is 4.74 Å². The maximum absolute atomic E-state index is 12.1. The second-order valence-corrected chi connectivity index (χ2v) is 2.46. The van der Waals surface area contributed by atoms with Crippen LogP contribution < -0.4 is 0 Å². The van der Waals surface area contributed by atoms with Gasteiger partial charge in [0.15, 0.2) is 0 Å². The van der Waals surface area contributed by atoms with Crippen molar-refractivity contribution in [1.29, 1.82) is 0 Å². The Hall–Kier alpha value is -0.670. The van der Waals surface area contributed by atoms with Gasteiger partial charge in [0.2, 0.25) is 0 Å². The topological polar surface area (TPSA) is 26.3 Å². The van der Waals surface area contributed by atoms with E-state index in [9.17, 15) is 13.6 Å². The number of hydrogen-bond donors (Lipinski definition) is 0. The third-order valence-corrected chi connectivity index (χ3v) is 1.44. The Bertz CT molecular complexity index is 156. The zero-order valence-corrected chi connectivity index (χ0v) is 5.56. The summed E-state index contributed by atoms with van der Waals surface area (Å²) >= 11 is 0. The number of carbonyl (C=O) groups is 1. The van der Waals surface area contributed by atoms with Crippen LogP contribution in [0.3, 0.4) is 0 Å². The molecule has 1 aliphatic carbocycles. The first-order valence-electron chi connectivity index (χ1n) is 3.03. The summed E-state index contributed by atoms with van der Waals surface area (Å²) in [5.74, 6) is -3.80. The summed E-state index contributed by atoms with van der Waals surface area (Å²) in [7, 11) is 0. The molecule has 1 fully saturated rings. The van der Waals surface area contributed by atoms with Gasteiger partial charge in [-0.25, -0.2) is 8.78 Å². The van der Waals surface area contributed by atoms with Crippen LogP contribution in [0, 0.1) is 5.92 Å². The van der Waals surface area contributed by atoms with Crippen LogP contribution in [-0.2, 0) is 9.53 Å². The SMILES string of the molecule is CC(=O)OC[C@@H]1CC1(F)F. The highest BCUT2D eigenvalue weighted by Crippen LogP contribution is 2.48. The van der Waals surface area contributed by atoms with Crippen molar-refractivity contribution < 1.29 is 18.3 Å². The molecular weight excluding hydrogens is 142 g/mol. The van der Waals surface area contributed by atoms with Crippen molar-refractivity contribution in [1.82, 2.24) is 0 Å². The number of ether oxygens (including phenoxy) is 1. The van der Waals surface area contributed by atoms with E-state index in [4.69, 9.17) is 0 Å². The van der Waals surface area contributed by atoms with Crippen LogP contribution in [0.25, 0.3) is 0 Å². The molecule has 0 aromatic rings. The Labute approximate surface area is 57.2 Å². The number of alkyl halides is 2. The van der Waals surface area contributed by atoms with Crippen molar-refractivity contribution in [3.05, 3.63) is 0 Å². The minimum Gasteiger partial charge on any atom is -0.465 e. The van der Waals surface area contributed by atoms with Crippen LogP contribution in [0.2, 0.25) is 0 Å². The van der Waals surface area contributed by atoms with Gasteiger partial charge in [-0.1, -0.05) is 0 Å². The quantitative estimate of drug-likeness (QED) is 0.553. The molecule has 0 saturated heterocycles. The number of carbonyl (C=O) groups excluding carboxylic acids is 1. The molecule has 0 N–H and O–H groups in total. The van der Waals surface area contributed by atoms with Gasteiger partial charge in [0.1, 0.15) is 6.61 Å². The van der Waals surface area contributed by atoms with Gasteiger partial charge in [0, 0.05) is 13.3 Å². The predicted molar refractivity (Wildman–Crippen MR) is 29.7 cm³/mol. The Morgan fingerprint density at radius 2 is 2.30 bits per heavy atom. The number of rotatable bonds is 2. The van der Waals surface area contributed by atoms with Crippen molar-refractivity contribution in [2.24, 2.45) is 5.92 Å². The maximum Gasteiger partial charge on any atom is 0.302 e. The second-order valence-electron chi connectivity index (χ2n) is 2.46. The monoisotopic (exact) mass is 150 g/mol. The summed E-state index contributed by atoms with van der Waals surface area (Å²) in [6, 6.07) is 0. The highest BCUT2D eigenvalue weighted by Gasteiger charge is 2.57. The van der Waals surface area contributed by atoms with E-state index in [1.165, 1.54) is 6.92 Å². The van der Waals surface area contributed by atoms with E-state index in [-0.39, 0.29) is 13.0 Å². The summed E-state index contributed by atoms with van der Waals surface area (Å²) in [5, 5.41) is 0. The van der Waals surface area contributed by atoms with Crippen LogP contribution >= 0.6 is 0 Å². The molecule has 0 spiro atoms. The number of hydrogen-bond acceptors (Lipinski definition) is 2. The molecule has 10 heavy (non-hydrogen) atoms. The van der Waals surface area contributed by atoms with E-state index in [1.54, 1.807) is 0 Å². The molecule has 0 radical (unpaired) electrons. The zero-order valence-electron chi connectivity index (χ0n) is 5.56. The summed E-state index contributed by atoms with van der Waals surface area (Å²) in [4.78, 5) is 10.1. The van der Waals surface area contributed by atoms with Gasteiger partial charge in [0.25, 0.3) is 5.92 Å². The molecule has 2 nitrogen and oxygen atoms in total. The van der Waals surface area contributed by atoms with Gasteiger partial charge in [-0.2, -0.15) is 0 Å². The average Bonchev–Trinajstić information content (AvgIpc) is 2.35. The first-order valence-corrected chi connectivity index (χ1v) is 3.03. The Kier molecular flexibility index (Phi) is 1.62. The fourth-order valence-corrected chi connectivity index (χ4v) is 0.668. The van der Waals surface area contributed by atoms with E-state index in [2.05, 4.69) is 4.74 Å². The minimum absolute atomic E-state index is 0.137. The molecule has 0 aromatic heterocycles. The van der Waals surface area contributed by atoms with E-state index in [0.717, 1.165) is 0 Å². The van der Waals surface area contributed by atoms with Crippen LogP contribution in [0.4, 0.5) is 8.78 Å². The predicted octanol–water partition coefficient (Wildman–Crippen LogP) is 1.20. The highest BCUT2D eigenvalue weighted by molar-refractivity contribution is 5.65. The largest absolute Gasteiger partial charge is 0.465 e. The lowest BCUT2D eigenvalue weighted by Gasteiger charge is -1.98. The molecule has 0 aromatic carbocycles. The van der Waals surface area contributed by atoms with Crippen molar-refractivity contribution >= 4 is 5.97 Å². The maximum atomic E-state index is 12.1. The molecule has 1 atom stereocenters. The molecule has 1 rings (SSSR count). The molecule has 0 aliphatic heterocycles. The van der Waals surface area contributed by atoms with Gasteiger partial charge in [-0.05, 0) is 0 Å². The van der Waals surface area contributed by atoms with E-state index in [1.807, 2.05) is 0 Å². The highest BCUT2D eigenvalue weighted by atomic mass is 19.3. The average molecular weight is 150 g/mol. The Morgan fingerprint density at radius 3 is 2.60 bits per heavy atom. The first-order chi connectivity index (χ1) is 4.52. The molecule has 1 aliphatic rings. The summed E-state index contributed by atoms with van der Waals surface area (Å²) in [5.41, 5.74) is 0. The lowest BCUT2D eigenvalue weighted by Crippen LogP contribution is -2.06. The lowest BCUT2D eigenvalue weighted by atomic mass is 10.4. The molecule has 1 saturated carbocycles. The minimum atomic E-state index is -2.57. The van der Waals surface area contributed by atoms with Gasteiger partial charge >= 0.3 is 5.97 Å². The standard InChI is InChI=1S/C6H8F2O2/c1-4(9)10-3-5-2-6(5,7)8/h5H,2-3H2,1H3/t5-/m0/s1. The third-order valence-electron chi connectivity index (χ3n) is 1.44. The van der Waals surface area contributed by atoms with Crippen molar-refractivity contribution in [2.75, 3.05) is 6.61 Å². The number of halogens is 2. The summed E-state index contributed by atoms with van der Waals surface area (Å²) < 4.78 is 28.5. The van der Waals surface area contributed by atoms with E-state index >= 15 is 0 Å². The molecule has 0 bridgehead atoms. The molecule has 0 amide bonds. The fraction of sp³-hybridized carbons (Fsp3) is 0.833. The Morgan fingerprint density at radius 1 is 1.80 bits per heavy atom. The van der Waals surface area contributed by atoms with Crippen LogP contribution in [-0.4, -0.2) is 18.5 Å². The van der Waals surface area contributed by atoms with Crippen LogP contribution in [0.15, 0.2) is 0 Å². The second kappa shape index (κ2) is 2.18. The number of esters is 1. The first kappa shape index (κ1) is 7.44. The molecule has 0 unspecified atom stereocenters. The van der Waals surface area contributed by atoms with Gasteiger partial charge in [-0.3, -0.25) is 4.79 Å². The van der Waals surface area contributed by atoms with Crippen molar-refractivity contribution in [3.63, 3.8) is 0 Å². The Balaban J connectivity index is 2.13. The molecule has 4 heteroatoms. The van der Waals surface area contributed by atoms with E-state index in [0.29, 0.717) is 0 Å². The van der Waals surface area contributed by atoms with Crippen molar-refractivity contribution in [2.45, 2.75) is 19.3 Å². The molecular formula is C6H8F2O2. The van der Waals surface area contributed by atoms with Crippen molar-refractivity contribution in [3.8, 4) is 0 Å². The molecule has 58 valence electrons. The molecule has 0 heterocycles. The lowest BCUT2D eigenvalue weighted by molar-refractivity contribution is -0.142. The van der Waals surface area contributed by atoms with Crippen LogP contribution in [0.1, 0.15) is 13.3 Å². The summed E-state index contributed by atoms with van der Waals surface area (Å²) in [6.07, 6.45) is -0.139. The van der Waals surface area contributed by atoms with Crippen LogP contribution in [0.5, 0.6) is 0 Å². The van der Waals surface area contributed by atoms with Gasteiger partial charge in [0.05, 0.1) is 5.92 Å². The smallest absolute Gasteiger partial charge is 0.302 e.